The first-order valence-corrected chi connectivity index (χ1v) is 8.75. The Morgan fingerprint density at radius 1 is 1.27 bits per heavy atom. The maximum absolute atomic E-state index is 13.1. The molecule has 1 aliphatic heterocycles. The molecule has 0 aliphatic carbocycles. The van der Waals surface area contributed by atoms with Crippen LogP contribution in [-0.4, -0.2) is 33.2 Å². The Kier molecular flexibility index (Phi) is 5.65. The minimum Gasteiger partial charge on any atom is -0.334 e. The Hall–Kier alpha value is -1.32. The second-order valence-corrected chi connectivity index (χ2v) is 7.36. The molecule has 0 spiro atoms. The molecule has 0 aromatic carbocycles. The fourth-order valence-corrected chi connectivity index (χ4v) is 3.35. The van der Waals surface area contributed by atoms with Crippen molar-refractivity contribution in [3.05, 3.63) is 17.5 Å². The van der Waals surface area contributed by atoms with Crippen LogP contribution in [0.4, 0.5) is 0 Å². The first kappa shape index (κ1) is 17.0. The summed E-state index contributed by atoms with van der Waals surface area (Å²) in [6, 6.07) is 2.36. The van der Waals surface area contributed by atoms with E-state index in [4.69, 9.17) is 0 Å². The molecule has 1 aliphatic rings. The van der Waals surface area contributed by atoms with E-state index < -0.39 is 0 Å². The molecule has 4 nitrogen and oxygen atoms in total. The maximum atomic E-state index is 13.1. The predicted molar refractivity (Wildman–Crippen MR) is 90.0 cm³/mol. The van der Waals surface area contributed by atoms with Gasteiger partial charge in [-0.1, -0.05) is 40.5 Å². The number of hydrogen-bond donors (Lipinski definition) is 0. The third kappa shape index (κ3) is 3.90. The van der Waals surface area contributed by atoms with Gasteiger partial charge in [-0.3, -0.25) is 9.48 Å². The lowest BCUT2D eigenvalue weighted by Crippen LogP contribution is -2.41. The molecule has 0 bridgehead atoms. The fourth-order valence-electron chi connectivity index (χ4n) is 3.35. The standard InChI is InChI=1S/C18H31N3O/c1-13(2)11-15-9-7-6-8-10-21(15)18(22)17-12-16(14(3)4)19-20(17)5/h12-15H,6-11H2,1-5H3/t15-/m1/s1. The molecule has 2 heterocycles. The molecule has 1 atom stereocenters. The summed E-state index contributed by atoms with van der Waals surface area (Å²) in [5.41, 5.74) is 1.74. The molecule has 124 valence electrons. The fraction of sp³-hybridized carbons (Fsp3) is 0.778. The van der Waals surface area contributed by atoms with Crippen LogP contribution in [0.3, 0.4) is 0 Å². The van der Waals surface area contributed by atoms with Crippen molar-refractivity contribution in [3.63, 3.8) is 0 Å². The van der Waals surface area contributed by atoms with Crippen molar-refractivity contribution in [1.82, 2.24) is 14.7 Å². The molecule has 22 heavy (non-hydrogen) atoms. The van der Waals surface area contributed by atoms with E-state index >= 15 is 0 Å². The lowest BCUT2D eigenvalue weighted by Gasteiger charge is -2.31. The minimum atomic E-state index is 0.162. The third-order valence-corrected chi connectivity index (χ3v) is 4.59. The lowest BCUT2D eigenvalue weighted by molar-refractivity contribution is 0.0650. The van der Waals surface area contributed by atoms with E-state index in [0.29, 0.717) is 17.9 Å². The van der Waals surface area contributed by atoms with Gasteiger partial charge in [0, 0.05) is 19.6 Å². The van der Waals surface area contributed by atoms with Crippen molar-refractivity contribution >= 4 is 5.91 Å². The number of amides is 1. The summed E-state index contributed by atoms with van der Waals surface area (Å²) in [5, 5.41) is 4.50. The van der Waals surface area contributed by atoms with E-state index in [1.54, 1.807) is 4.68 Å². The molecule has 0 unspecified atom stereocenters. The van der Waals surface area contributed by atoms with Gasteiger partial charge >= 0.3 is 0 Å². The van der Waals surface area contributed by atoms with Crippen LogP contribution in [0.15, 0.2) is 6.07 Å². The van der Waals surface area contributed by atoms with Gasteiger partial charge in [0.25, 0.3) is 5.91 Å². The van der Waals surface area contributed by atoms with Crippen molar-refractivity contribution in [2.24, 2.45) is 13.0 Å². The van der Waals surface area contributed by atoms with Crippen LogP contribution >= 0.6 is 0 Å². The number of nitrogens with zero attached hydrogens (tertiary/aromatic N) is 3. The lowest BCUT2D eigenvalue weighted by atomic mass is 9.98. The number of aryl methyl sites for hydroxylation is 1. The Balaban J connectivity index is 2.24. The zero-order valence-electron chi connectivity index (χ0n) is 14.8. The molecular weight excluding hydrogens is 274 g/mol. The summed E-state index contributed by atoms with van der Waals surface area (Å²) in [5.74, 6) is 1.13. The summed E-state index contributed by atoms with van der Waals surface area (Å²) in [6.07, 6.45) is 5.83. The summed E-state index contributed by atoms with van der Waals surface area (Å²) in [6.45, 7) is 9.61. The normalized spacial score (nSPS) is 19.8. The average Bonchev–Trinajstić information content (AvgIpc) is 2.68. The molecule has 0 radical (unpaired) electrons. The van der Waals surface area contributed by atoms with Crippen molar-refractivity contribution in [1.29, 1.82) is 0 Å². The Labute approximate surface area is 134 Å². The molecule has 0 saturated carbocycles. The monoisotopic (exact) mass is 305 g/mol. The summed E-state index contributed by atoms with van der Waals surface area (Å²) in [4.78, 5) is 15.2. The van der Waals surface area contributed by atoms with E-state index in [1.807, 2.05) is 13.1 Å². The molecule has 1 saturated heterocycles. The van der Waals surface area contributed by atoms with E-state index in [9.17, 15) is 4.79 Å². The number of aromatic nitrogens is 2. The highest BCUT2D eigenvalue weighted by Crippen LogP contribution is 2.25. The van der Waals surface area contributed by atoms with Gasteiger partial charge in [-0.2, -0.15) is 5.10 Å². The molecule has 1 fully saturated rings. The number of hydrogen-bond acceptors (Lipinski definition) is 2. The van der Waals surface area contributed by atoms with Gasteiger partial charge in [0.2, 0.25) is 0 Å². The number of carbonyl (C=O) groups is 1. The summed E-state index contributed by atoms with van der Waals surface area (Å²) in [7, 11) is 1.88. The molecule has 0 N–H and O–H groups in total. The maximum Gasteiger partial charge on any atom is 0.272 e. The van der Waals surface area contributed by atoms with Gasteiger partial charge in [-0.05, 0) is 37.2 Å². The van der Waals surface area contributed by atoms with Crippen LogP contribution < -0.4 is 0 Å². The van der Waals surface area contributed by atoms with Gasteiger partial charge in [-0.25, -0.2) is 0 Å². The van der Waals surface area contributed by atoms with Crippen molar-refractivity contribution in [3.8, 4) is 0 Å². The molecule has 1 aromatic rings. The first-order chi connectivity index (χ1) is 10.4. The van der Waals surface area contributed by atoms with Gasteiger partial charge in [0.1, 0.15) is 5.69 Å². The molecule has 4 heteroatoms. The van der Waals surface area contributed by atoms with Crippen LogP contribution in [0.5, 0.6) is 0 Å². The van der Waals surface area contributed by atoms with Crippen LogP contribution in [0.2, 0.25) is 0 Å². The summed E-state index contributed by atoms with van der Waals surface area (Å²) >= 11 is 0. The Morgan fingerprint density at radius 2 is 2.00 bits per heavy atom. The highest BCUT2D eigenvalue weighted by Gasteiger charge is 2.28. The highest BCUT2D eigenvalue weighted by atomic mass is 16.2. The van der Waals surface area contributed by atoms with Gasteiger partial charge in [0.15, 0.2) is 0 Å². The van der Waals surface area contributed by atoms with E-state index in [0.717, 1.165) is 37.2 Å². The van der Waals surface area contributed by atoms with Crippen molar-refractivity contribution < 1.29 is 4.79 Å². The predicted octanol–water partition coefficient (Wildman–Crippen LogP) is 3.97. The van der Waals surface area contributed by atoms with E-state index in [-0.39, 0.29) is 5.91 Å². The average molecular weight is 305 g/mol. The second kappa shape index (κ2) is 7.30. The first-order valence-electron chi connectivity index (χ1n) is 8.75. The number of likely N-dealkylation sites (tertiary alicyclic amines) is 1. The summed E-state index contributed by atoms with van der Waals surface area (Å²) < 4.78 is 1.76. The Morgan fingerprint density at radius 3 is 2.59 bits per heavy atom. The molecule has 1 amide bonds. The van der Waals surface area contributed by atoms with Crippen molar-refractivity contribution in [2.75, 3.05) is 6.54 Å². The zero-order valence-corrected chi connectivity index (χ0v) is 14.8. The van der Waals surface area contributed by atoms with Gasteiger partial charge in [0.05, 0.1) is 5.69 Å². The third-order valence-electron chi connectivity index (χ3n) is 4.59. The quantitative estimate of drug-likeness (QED) is 0.844. The molecule has 1 aromatic heterocycles. The van der Waals surface area contributed by atoms with Crippen molar-refractivity contribution in [2.45, 2.75) is 71.8 Å². The largest absolute Gasteiger partial charge is 0.334 e. The van der Waals surface area contributed by atoms with Crippen LogP contribution in [0.25, 0.3) is 0 Å². The second-order valence-electron chi connectivity index (χ2n) is 7.36. The number of rotatable bonds is 4. The minimum absolute atomic E-state index is 0.162. The Bertz CT molecular complexity index is 504. The highest BCUT2D eigenvalue weighted by molar-refractivity contribution is 5.93. The van der Waals surface area contributed by atoms with Crippen LogP contribution in [0, 0.1) is 5.92 Å². The van der Waals surface area contributed by atoms with E-state index in [2.05, 4.69) is 37.7 Å². The topological polar surface area (TPSA) is 38.1 Å². The molecular formula is C18H31N3O. The SMILES string of the molecule is CC(C)C[C@H]1CCCCCN1C(=O)c1cc(C(C)C)nn1C. The van der Waals surface area contributed by atoms with Crippen LogP contribution in [0.1, 0.15) is 81.9 Å². The zero-order chi connectivity index (χ0) is 16.3. The smallest absolute Gasteiger partial charge is 0.272 e. The molecule has 2 rings (SSSR count). The van der Waals surface area contributed by atoms with Gasteiger partial charge in [-0.15, -0.1) is 0 Å². The number of carbonyl (C=O) groups excluding carboxylic acids is 1. The van der Waals surface area contributed by atoms with Gasteiger partial charge < -0.3 is 4.90 Å². The van der Waals surface area contributed by atoms with E-state index in [1.165, 1.54) is 12.8 Å². The van der Waals surface area contributed by atoms with Crippen LogP contribution in [-0.2, 0) is 7.05 Å².